The topological polar surface area (TPSA) is 49.4 Å². The number of unbranched alkanes of at least 4 members (excludes halogenated alkanes) is 1. The zero-order chi connectivity index (χ0) is 11.1. The van der Waals surface area contributed by atoms with Crippen LogP contribution >= 0.6 is 11.8 Å². The molecular weight excluding hydrogens is 232 g/mol. The van der Waals surface area contributed by atoms with Crippen LogP contribution in [0.4, 0.5) is 0 Å². The highest BCUT2D eigenvalue weighted by Gasteiger charge is 2.23. The van der Waals surface area contributed by atoms with Crippen molar-refractivity contribution in [2.75, 3.05) is 43.9 Å². The molecule has 0 unspecified atom stereocenters. The summed E-state index contributed by atoms with van der Waals surface area (Å²) >= 11 is 1.83. The van der Waals surface area contributed by atoms with Crippen LogP contribution in [0.3, 0.4) is 0 Å². The van der Waals surface area contributed by atoms with E-state index in [4.69, 9.17) is 0 Å². The third-order valence-corrected chi connectivity index (χ3v) is 5.34. The van der Waals surface area contributed by atoms with Gasteiger partial charge in [0.05, 0.1) is 5.75 Å². The lowest BCUT2D eigenvalue weighted by Gasteiger charge is -2.25. The number of rotatable bonds is 6. The van der Waals surface area contributed by atoms with Gasteiger partial charge in [0.15, 0.2) is 0 Å². The van der Waals surface area contributed by atoms with Gasteiger partial charge in [-0.05, 0) is 26.4 Å². The second-order valence-electron chi connectivity index (χ2n) is 3.64. The Morgan fingerprint density at radius 3 is 2.53 bits per heavy atom. The second kappa shape index (κ2) is 6.73. The fourth-order valence-corrected chi connectivity index (χ4v) is 4.24. The average Bonchev–Trinajstić information content (AvgIpc) is 2.26. The summed E-state index contributed by atoms with van der Waals surface area (Å²) < 4.78 is 25.3. The van der Waals surface area contributed by atoms with E-state index in [0.717, 1.165) is 30.9 Å². The molecule has 4 nitrogen and oxygen atoms in total. The Morgan fingerprint density at radius 1 is 1.27 bits per heavy atom. The van der Waals surface area contributed by atoms with Gasteiger partial charge >= 0.3 is 0 Å². The summed E-state index contributed by atoms with van der Waals surface area (Å²) in [7, 11) is -1.09. The average molecular weight is 252 g/mol. The number of thioether (sulfide) groups is 1. The fraction of sp³-hybridized carbons (Fsp3) is 1.00. The van der Waals surface area contributed by atoms with Gasteiger partial charge in [-0.25, -0.2) is 12.7 Å². The first kappa shape index (κ1) is 13.3. The fourth-order valence-electron chi connectivity index (χ4n) is 1.54. The van der Waals surface area contributed by atoms with E-state index >= 15 is 0 Å². The molecule has 0 aromatic heterocycles. The molecular formula is C9H20N2O2S2. The Morgan fingerprint density at radius 2 is 1.93 bits per heavy atom. The highest BCUT2D eigenvalue weighted by Crippen LogP contribution is 2.14. The maximum absolute atomic E-state index is 11.8. The van der Waals surface area contributed by atoms with Gasteiger partial charge < -0.3 is 5.32 Å². The molecule has 1 heterocycles. The van der Waals surface area contributed by atoms with Gasteiger partial charge in [-0.1, -0.05) is 0 Å². The van der Waals surface area contributed by atoms with Crippen LogP contribution < -0.4 is 5.32 Å². The quantitative estimate of drug-likeness (QED) is 0.694. The predicted molar refractivity (Wildman–Crippen MR) is 65.8 cm³/mol. The largest absolute Gasteiger partial charge is 0.320 e. The molecule has 0 saturated carbocycles. The lowest BCUT2D eigenvalue weighted by atomic mass is 10.3. The minimum atomic E-state index is -2.97. The molecule has 0 aromatic rings. The Labute approximate surface area is 96.8 Å². The zero-order valence-corrected chi connectivity index (χ0v) is 10.9. The van der Waals surface area contributed by atoms with Gasteiger partial charge in [0, 0.05) is 24.6 Å². The lowest BCUT2D eigenvalue weighted by molar-refractivity contribution is 0.441. The van der Waals surface area contributed by atoms with E-state index in [1.54, 1.807) is 4.31 Å². The molecule has 0 bridgehead atoms. The molecule has 0 radical (unpaired) electrons. The van der Waals surface area contributed by atoms with E-state index in [-0.39, 0.29) is 0 Å². The summed E-state index contributed by atoms with van der Waals surface area (Å²) in [5.41, 5.74) is 0. The van der Waals surface area contributed by atoms with Gasteiger partial charge in [-0.15, -0.1) is 0 Å². The molecule has 6 heteroatoms. The Balaban J connectivity index is 2.30. The van der Waals surface area contributed by atoms with Crippen molar-refractivity contribution in [3.05, 3.63) is 0 Å². The predicted octanol–water partition coefficient (Wildman–Crippen LogP) is 0.365. The van der Waals surface area contributed by atoms with E-state index in [1.807, 2.05) is 18.8 Å². The van der Waals surface area contributed by atoms with E-state index in [0.29, 0.717) is 18.8 Å². The molecule has 0 aromatic carbocycles. The number of hydrogen-bond donors (Lipinski definition) is 1. The van der Waals surface area contributed by atoms with Gasteiger partial charge in [0.25, 0.3) is 0 Å². The summed E-state index contributed by atoms with van der Waals surface area (Å²) in [5.74, 6) is 2.19. The number of hydrogen-bond acceptors (Lipinski definition) is 4. The number of sulfonamides is 1. The molecule has 0 aliphatic carbocycles. The van der Waals surface area contributed by atoms with Crippen molar-refractivity contribution < 1.29 is 8.42 Å². The minimum absolute atomic E-state index is 0.305. The molecule has 0 amide bonds. The Hall–Kier alpha value is 0.220. The van der Waals surface area contributed by atoms with Crippen LogP contribution in [0.15, 0.2) is 0 Å². The molecule has 1 aliphatic heterocycles. The van der Waals surface area contributed by atoms with Crippen molar-refractivity contribution in [3.63, 3.8) is 0 Å². The summed E-state index contributed by atoms with van der Waals surface area (Å²) in [4.78, 5) is 0. The van der Waals surface area contributed by atoms with E-state index in [1.165, 1.54) is 0 Å². The molecule has 1 aliphatic rings. The van der Waals surface area contributed by atoms with Crippen LogP contribution in [0, 0.1) is 0 Å². The first-order valence-electron chi connectivity index (χ1n) is 5.37. The molecule has 1 rings (SSSR count). The molecule has 15 heavy (non-hydrogen) atoms. The number of nitrogens with zero attached hydrogens (tertiary/aromatic N) is 1. The zero-order valence-electron chi connectivity index (χ0n) is 9.24. The summed E-state index contributed by atoms with van der Waals surface area (Å²) in [5, 5.41) is 3.02. The summed E-state index contributed by atoms with van der Waals surface area (Å²) in [6, 6.07) is 0. The van der Waals surface area contributed by atoms with Crippen molar-refractivity contribution in [2.45, 2.75) is 12.8 Å². The molecule has 0 spiro atoms. The molecule has 90 valence electrons. The summed E-state index contributed by atoms with van der Waals surface area (Å²) in [6.45, 7) is 2.28. The van der Waals surface area contributed by atoms with Crippen molar-refractivity contribution in [2.24, 2.45) is 0 Å². The summed E-state index contributed by atoms with van der Waals surface area (Å²) in [6.07, 6.45) is 1.69. The maximum atomic E-state index is 11.8. The molecule has 0 atom stereocenters. The van der Waals surface area contributed by atoms with Gasteiger partial charge in [-0.2, -0.15) is 11.8 Å². The second-order valence-corrected chi connectivity index (χ2v) is 6.95. The van der Waals surface area contributed by atoms with Crippen molar-refractivity contribution in [3.8, 4) is 0 Å². The van der Waals surface area contributed by atoms with Crippen molar-refractivity contribution in [1.82, 2.24) is 9.62 Å². The standard InChI is InChI=1S/C9H20N2O2S2/c1-10-4-2-3-9-15(12,13)11-5-7-14-8-6-11/h10H,2-9H2,1H3. The molecule has 1 saturated heterocycles. The molecule has 1 fully saturated rings. The van der Waals surface area contributed by atoms with Gasteiger partial charge in [0.2, 0.25) is 10.0 Å². The van der Waals surface area contributed by atoms with Gasteiger partial charge in [0.1, 0.15) is 0 Å². The highest BCUT2D eigenvalue weighted by atomic mass is 32.2. The first-order valence-corrected chi connectivity index (χ1v) is 8.13. The Kier molecular flexibility index (Phi) is 5.96. The third-order valence-electron chi connectivity index (χ3n) is 2.44. The van der Waals surface area contributed by atoms with Crippen LogP contribution in [0.2, 0.25) is 0 Å². The van der Waals surface area contributed by atoms with Crippen LogP contribution in [0.5, 0.6) is 0 Å². The Bertz CT molecular complexity index is 261. The van der Waals surface area contributed by atoms with E-state index < -0.39 is 10.0 Å². The van der Waals surface area contributed by atoms with Crippen LogP contribution in [-0.4, -0.2) is 56.7 Å². The van der Waals surface area contributed by atoms with Crippen LogP contribution in [0.1, 0.15) is 12.8 Å². The van der Waals surface area contributed by atoms with Gasteiger partial charge in [-0.3, -0.25) is 0 Å². The van der Waals surface area contributed by atoms with Crippen molar-refractivity contribution in [1.29, 1.82) is 0 Å². The number of nitrogens with one attached hydrogen (secondary N) is 1. The maximum Gasteiger partial charge on any atom is 0.214 e. The van der Waals surface area contributed by atoms with Crippen LogP contribution in [0.25, 0.3) is 0 Å². The lowest BCUT2D eigenvalue weighted by Crippen LogP contribution is -2.39. The van der Waals surface area contributed by atoms with E-state index in [2.05, 4.69) is 5.32 Å². The first-order chi connectivity index (χ1) is 7.17. The SMILES string of the molecule is CNCCCCS(=O)(=O)N1CCSCC1. The smallest absolute Gasteiger partial charge is 0.214 e. The van der Waals surface area contributed by atoms with E-state index in [9.17, 15) is 8.42 Å². The monoisotopic (exact) mass is 252 g/mol. The van der Waals surface area contributed by atoms with Crippen molar-refractivity contribution >= 4 is 21.8 Å². The highest BCUT2D eigenvalue weighted by molar-refractivity contribution is 7.99. The third kappa shape index (κ3) is 4.72. The normalized spacial score (nSPS) is 19.3. The minimum Gasteiger partial charge on any atom is -0.320 e. The molecule has 1 N–H and O–H groups in total. The van der Waals surface area contributed by atoms with Crippen LogP contribution in [-0.2, 0) is 10.0 Å².